The summed E-state index contributed by atoms with van der Waals surface area (Å²) in [4.78, 5) is 12.8. The van der Waals surface area contributed by atoms with Crippen LogP contribution in [0.2, 0.25) is 0 Å². The number of benzene rings is 1. The van der Waals surface area contributed by atoms with Crippen molar-refractivity contribution in [1.29, 1.82) is 0 Å². The average molecular weight is 290 g/mol. The number of ether oxygens (including phenoxy) is 1. The van der Waals surface area contributed by atoms with Crippen molar-refractivity contribution in [1.82, 2.24) is 5.32 Å². The molecule has 2 rings (SSSR count). The lowest BCUT2D eigenvalue weighted by Crippen LogP contribution is -2.50. The number of hydrogen-bond donors (Lipinski definition) is 2. The summed E-state index contributed by atoms with van der Waals surface area (Å²) in [5.41, 5.74) is 6.61. The third kappa shape index (κ3) is 3.83. The molecular formula is C17H26N2O2. The van der Waals surface area contributed by atoms with Crippen molar-refractivity contribution < 1.29 is 9.53 Å². The second-order valence-electron chi connectivity index (χ2n) is 5.82. The Morgan fingerprint density at radius 1 is 1.33 bits per heavy atom. The van der Waals surface area contributed by atoms with Gasteiger partial charge in [-0.2, -0.15) is 0 Å². The quantitative estimate of drug-likeness (QED) is 0.845. The zero-order valence-corrected chi connectivity index (χ0v) is 12.8. The first kappa shape index (κ1) is 16.0. The van der Waals surface area contributed by atoms with Gasteiger partial charge in [0.2, 0.25) is 5.91 Å². The monoisotopic (exact) mass is 290 g/mol. The zero-order chi connectivity index (χ0) is 15.1. The topological polar surface area (TPSA) is 64.4 Å². The fourth-order valence-electron chi connectivity index (χ4n) is 2.89. The molecule has 0 aliphatic carbocycles. The molecule has 0 aromatic heterocycles. The molecule has 1 saturated heterocycles. The third-order valence-corrected chi connectivity index (χ3v) is 4.41. The van der Waals surface area contributed by atoms with Crippen LogP contribution in [0.5, 0.6) is 0 Å². The van der Waals surface area contributed by atoms with Gasteiger partial charge >= 0.3 is 0 Å². The van der Waals surface area contributed by atoms with Crippen molar-refractivity contribution in [3.05, 3.63) is 35.9 Å². The Balaban J connectivity index is 2.10. The highest BCUT2D eigenvalue weighted by Crippen LogP contribution is 2.31. The van der Waals surface area contributed by atoms with E-state index in [0.29, 0.717) is 32.6 Å². The van der Waals surface area contributed by atoms with Gasteiger partial charge < -0.3 is 15.8 Å². The van der Waals surface area contributed by atoms with Gasteiger partial charge in [-0.3, -0.25) is 4.79 Å². The molecule has 1 unspecified atom stereocenters. The second kappa shape index (κ2) is 7.57. The van der Waals surface area contributed by atoms with E-state index in [1.54, 1.807) is 0 Å². The van der Waals surface area contributed by atoms with E-state index in [-0.39, 0.29) is 11.9 Å². The maximum absolute atomic E-state index is 12.8. The lowest BCUT2D eigenvalue weighted by Gasteiger charge is -2.36. The molecule has 1 amide bonds. The van der Waals surface area contributed by atoms with Crippen molar-refractivity contribution in [3.8, 4) is 0 Å². The average Bonchev–Trinajstić information content (AvgIpc) is 2.55. The fraction of sp³-hybridized carbons (Fsp3) is 0.588. The Bertz CT molecular complexity index is 441. The van der Waals surface area contributed by atoms with Crippen LogP contribution in [-0.4, -0.2) is 25.7 Å². The van der Waals surface area contributed by atoms with Gasteiger partial charge in [0, 0.05) is 19.8 Å². The van der Waals surface area contributed by atoms with Gasteiger partial charge in [0.15, 0.2) is 0 Å². The van der Waals surface area contributed by atoms with Gasteiger partial charge in [-0.25, -0.2) is 0 Å². The van der Waals surface area contributed by atoms with Crippen LogP contribution in [0.3, 0.4) is 0 Å². The lowest BCUT2D eigenvalue weighted by molar-refractivity contribution is -0.136. The number of carbonyl (C=O) groups is 1. The van der Waals surface area contributed by atoms with E-state index < -0.39 is 5.41 Å². The van der Waals surface area contributed by atoms with E-state index in [2.05, 4.69) is 24.4 Å². The van der Waals surface area contributed by atoms with Crippen molar-refractivity contribution in [2.75, 3.05) is 19.8 Å². The Labute approximate surface area is 127 Å². The highest BCUT2D eigenvalue weighted by Gasteiger charge is 2.39. The first-order valence-corrected chi connectivity index (χ1v) is 7.85. The van der Waals surface area contributed by atoms with Crippen LogP contribution in [0.15, 0.2) is 30.3 Å². The van der Waals surface area contributed by atoms with Gasteiger partial charge in [-0.1, -0.05) is 43.7 Å². The minimum absolute atomic E-state index is 0.0648. The number of amides is 1. The summed E-state index contributed by atoms with van der Waals surface area (Å²) < 4.78 is 5.38. The van der Waals surface area contributed by atoms with Crippen molar-refractivity contribution in [2.24, 2.45) is 11.1 Å². The molecule has 4 heteroatoms. The molecule has 0 spiro atoms. The molecule has 1 aromatic carbocycles. The molecule has 1 atom stereocenters. The fourth-order valence-corrected chi connectivity index (χ4v) is 2.89. The number of rotatable bonds is 6. The molecule has 116 valence electrons. The van der Waals surface area contributed by atoms with E-state index in [0.717, 1.165) is 18.4 Å². The predicted octanol–water partition coefficient (Wildman–Crippen LogP) is 2.40. The van der Waals surface area contributed by atoms with Crippen molar-refractivity contribution in [2.45, 2.75) is 38.6 Å². The molecule has 4 nitrogen and oxygen atoms in total. The van der Waals surface area contributed by atoms with E-state index in [1.165, 1.54) is 0 Å². The zero-order valence-electron chi connectivity index (χ0n) is 12.8. The molecule has 0 radical (unpaired) electrons. The molecule has 1 heterocycles. The Kier molecular flexibility index (Phi) is 5.76. The minimum Gasteiger partial charge on any atom is -0.381 e. The second-order valence-corrected chi connectivity index (χ2v) is 5.82. The molecule has 0 saturated carbocycles. The molecule has 1 aliphatic heterocycles. The first-order valence-electron chi connectivity index (χ1n) is 7.85. The summed E-state index contributed by atoms with van der Waals surface area (Å²) in [6.45, 7) is 3.76. The number of carbonyl (C=O) groups excluding carboxylic acids is 1. The van der Waals surface area contributed by atoms with Crippen LogP contribution in [0.25, 0.3) is 0 Å². The maximum Gasteiger partial charge on any atom is 0.228 e. The molecular weight excluding hydrogens is 264 g/mol. The highest BCUT2D eigenvalue weighted by atomic mass is 16.5. The van der Waals surface area contributed by atoms with Gasteiger partial charge in [-0.05, 0) is 24.8 Å². The summed E-state index contributed by atoms with van der Waals surface area (Å²) >= 11 is 0. The van der Waals surface area contributed by atoms with Crippen molar-refractivity contribution >= 4 is 5.91 Å². The molecule has 1 aromatic rings. The smallest absolute Gasteiger partial charge is 0.228 e. The number of nitrogens with one attached hydrogen (secondary N) is 1. The van der Waals surface area contributed by atoms with Crippen LogP contribution < -0.4 is 11.1 Å². The van der Waals surface area contributed by atoms with E-state index in [9.17, 15) is 4.79 Å². The largest absolute Gasteiger partial charge is 0.381 e. The first-order chi connectivity index (χ1) is 10.2. The van der Waals surface area contributed by atoms with Crippen LogP contribution in [0.4, 0.5) is 0 Å². The summed E-state index contributed by atoms with van der Waals surface area (Å²) in [5.74, 6) is 0.0793. The number of hydrogen-bond acceptors (Lipinski definition) is 3. The minimum atomic E-state index is -0.459. The van der Waals surface area contributed by atoms with Gasteiger partial charge in [0.1, 0.15) is 0 Å². The van der Waals surface area contributed by atoms with Crippen LogP contribution >= 0.6 is 0 Å². The SMILES string of the molecule is CCCC(NC(=O)C1(CN)CCOCC1)c1ccccc1. The molecule has 0 bridgehead atoms. The van der Waals surface area contributed by atoms with Crippen LogP contribution in [0.1, 0.15) is 44.2 Å². The molecule has 21 heavy (non-hydrogen) atoms. The summed E-state index contributed by atoms with van der Waals surface area (Å²) in [7, 11) is 0. The Morgan fingerprint density at radius 2 is 2.00 bits per heavy atom. The van der Waals surface area contributed by atoms with E-state index in [1.807, 2.05) is 18.2 Å². The predicted molar refractivity (Wildman–Crippen MR) is 83.8 cm³/mol. The highest BCUT2D eigenvalue weighted by molar-refractivity contribution is 5.83. The van der Waals surface area contributed by atoms with Crippen LogP contribution in [-0.2, 0) is 9.53 Å². The van der Waals surface area contributed by atoms with Crippen molar-refractivity contribution in [3.63, 3.8) is 0 Å². The number of nitrogens with two attached hydrogens (primary N) is 1. The Morgan fingerprint density at radius 3 is 2.57 bits per heavy atom. The summed E-state index contributed by atoms with van der Waals surface area (Å²) in [5, 5.41) is 3.22. The molecule has 3 N–H and O–H groups in total. The molecule has 1 aliphatic rings. The standard InChI is InChI=1S/C17H26N2O2/c1-2-6-15(14-7-4-3-5-8-14)19-16(20)17(13-18)9-11-21-12-10-17/h3-5,7-8,15H,2,6,9-13,18H2,1H3,(H,19,20). The Hall–Kier alpha value is -1.39. The molecule has 1 fully saturated rings. The third-order valence-electron chi connectivity index (χ3n) is 4.41. The van der Waals surface area contributed by atoms with Gasteiger partial charge in [-0.15, -0.1) is 0 Å². The van der Waals surface area contributed by atoms with E-state index >= 15 is 0 Å². The maximum atomic E-state index is 12.8. The normalized spacial score (nSPS) is 19.0. The lowest BCUT2D eigenvalue weighted by atomic mass is 9.79. The van der Waals surface area contributed by atoms with Gasteiger partial charge in [0.05, 0.1) is 11.5 Å². The van der Waals surface area contributed by atoms with Gasteiger partial charge in [0.25, 0.3) is 0 Å². The summed E-state index contributed by atoms with van der Waals surface area (Å²) in [6.07, 6.45) is 3.39. The van der Waals surface area contributed by atoms with Crippen LogP contribution in [0, 0.1) is 5.41 Å². The summed E-state index contributed by atoms with van der Waals surface area (Å²) in [6, 6.07) is 10.2. The van der Waals surface area contributed by atoms with E-state index in [4.69, 9.17) is 10.5 Å².